The number of carbonyl (C=O) groups excluding carboxylic acids is 2. The molecule has 5 rings (SSSR count). The van der Waals surface area contributed by atoms with E-state index >= 15 is 0 Å². The topological polar surface area (TPSA) is 55.4 Å². The zero-order valence-electron chi connectivity index (χ0n) is 15.1. The minimum atomic E-state index is -0.886. The van der Waals surface area contributed by atoms with Crippen LogP contribution in [0, 0.1) is 17.3 Å². The Kier molecular flexibility index (Phi) is 5.01. The van der Waals surface area contributed by atoms with Crippen molar-refractivity contribution in [2.24, 2.45) is 17.3 Å². The van der Waals surface area contributed by atoms with Crippen LogP contribution in [0.25, 0.3) is 0 Å². The zero-order valence-corrected chi connectivity index (χ0v) is 18.2. The van der Waals surface area contributed by atoms with Crippen LogP contribution in [0.2, 0.25) is 10.0 Å². The molecule has 0 spiro atoms. The molecule has 0 saturated heterocycles. The van der Waals surface area contributed by atoms with E-state index in [2.05, 4.69) is 21.2 Å². The molecule has 4 aliphatic rings. The molecule has 0 unspecified atom stereocenters. The van der Waals surface area contributed by atoms with Crippen LogP contribution in [-0.4, -0.2) is 22.3 Å². The fourth-order valence-corrected chi connectivity index (χ4v) is 7.46. The van der Waals surface area contributed by atoms with E-state index in [-0.39, 0.29) is 10.3 Å². The molecule has 4 bridgehead atoms. The van der Waals surface area contributed by atoms with Crippen molar-refractivity contribution in [2.75, 3.05) is 5.32 Å². The number of nitrogens with one attached hydrogen (secondary N) is 1. The molecular formula is C20H22BrCl2NO3. The zero-order chi connectivity index (χ0) is 19.4. The Hall–Kier alpha value is -0.780. The Morgan fingerprint density at radius 3 is 2.48 bits per heavy atom. The van der Waals surface area contributed by atoms with Crippen LogP contribution in [-0.2, 0) is 14.3 Å². The maximum atomic E-state index is 13.1. The molecule has 0 radical (unpaired) electrons. The average Bonchev–Trinajstić information content (AvgIpc) is 2.55. The Balaban J connectivity index is 1.42. The van der Waals surface area contributed by atoms with Crippen LogP contribution in [0.1, 0.15) is 45.4 Å². The van der Waals surface area contributed by atoms with Crippen LogP contribution >= 0.6 is 39.1 Å². The summed E-state index contributed by atoms with van der Waals surface area (Å²) < 4.78 is 5.70. The minimum Gasteiger partial charge on any atom is -0.452 e. The lowest BCUT2D eigenvalue weighted by Crippen LogP contribution is -2.56. The van der Waals surface area contributed by atoms with Gasteiger partial charge < -0.3 is 10.1 Å². The number of esters is 1. The highest BCUT2D eigenvalue weighted by Gasteiger charge is 2.60. The quantitative estimate of drug-likeness (QED) is 0.456. The normalized spacial score (nSPS) is 35.0. The molecule has 4 saturated carbocycles. The second-order valence-electron chi connectivity index (χ2n) is 8.55. The van der Waals surface area contributed by atoms with Gasteiger partial charge in [0.1, 0.15) is 0 Å². The predicted octanol–water partition coefficient (Wildman–Crippen LogP) is 5.60. The summed E-state index contributed by atoms with van der Waals surface area (Å²) in [4.78, 5) is 25.5. The highest BCUT2D eigenvalue weighted by molar-refractivity contribution is 9.10. The number of benzene rings is 1. The molecular weight excluding hydrogens is 453 g/mol. The smallest absolute Gasteiger partial charge is 0.312 e. The minimum absolute atomic E-state index is 0.0679. The third-order valence-electron chi connectivity index (χ3n) is 6.26. The molecule has 0 heterocycles. The Labute approximate surface area is 177 Å². The van der Waals surface area contributed by atoms with E-state index in [1.165, 1.54) is 6.42 Å². The molecule has 4 fully saturated rings. The molecule has 4 nitrogen and oxygen atoms in total. The SMILES string of the molecule is C[C@H](OC(=O)C12C[C@H]3C[C@@H](CC(Br)(C3)C1)C2)C(=O)Nc1ccc(Cl)cc1Cl. The van der Waals surface area contributed by atoms with Gasteiger partial charge in [-0.2, -0.15) is 0 Å². The Morgan fingerprint density at radius 2 is 1.89 bits per heavy atom. The number of carbonyl (C=O) groups is 2. The summed E-state index contributed by atoms with van der Waals surface area (Å²) in [5, 5.41) is 3.54. The number of hydrogen-bond donors (Lipinski definition) is 1. The van der Waals surface area contributed by atoms with Gasteiger partial charge in [0, 0.05) is 9.35 Å². The van der Waals surface area contributed by atoms with Gasteiger partial charge in [-0.05, 0) is 75.5 Å². The number of rotatable bonds is 4. The molecule has 1 aromatic carbocycles. The van der Waals surface area contributed by atoms with Crippen molar-refractivity contribution in [3.8, 4) is 0 Å². The van der Waals surface area contributed by atoms with Crippen molar-refractivity contribution in [3.05, 3.63) is 28.2 Å². The molecule has 7 heteroatoms. The molecule has 146 valence electrons. The van der Waals surface area contributed by atoms with Crippen LogP contribution in [0.3, 0.4) is 0 Å². The lowest BCUT2D eigenvalue weighted by molar-refractivity contribution is -0.175. The van der Waals surface area contributed by atoms with Crippen LogP contribution < -0.4 is 5.32 Å². The first kappa shape index (κ1) is 19.5. The molecule has 1 aromatic rings. The molecule has 3 atom stereocenters. The summed E-state index contributed by atoms with van der Waals surface area (Å²) in [6.45, 7) is 1.60. The molecule has 4 aliphatic carbocycles. The highest BCUT2D eigenvalue weighted by atomic mass is 79.9. The number of amides is 1. The second kappa shape index (κ2) is 6.93. The van der Waals surface area contributed by atoms with Crippen LogP contribution in [0.5, 0.6) is 0 Å². The summed E-state index contributed by atoms with van der Waals surface area (Å²) in [7, 11) is 0. The number of alkyl halides is 1. The Bertz CT molecular complexity index is 785. The molecule has 1 amide bonds. The van der Waals surface area contributed by atoms with Gasteiger partial charge in [-0.1, -0.05) is 39.1 Å². The summed E-state index contributed by atoms with van der Waals surface area (Å²) in [5.74, 6) is 0.529. The van der Waals surface area contributed by atoms with Gasteiger partial charge in [-0.15, -0.1) is 0 Å². The maximum absolute atomic E-state index is 13.1. The van der Waals surface area contributed by atoms with E-state index in [1.54, 1.807) is 25.1 Å². The average molecular weight is 475 g/mol. The molecule has 27 heavy (non-hydrogen) atoms. The standard InChI is InChI=1S/C20H22BrCl2NO3/c1-11(17(25)24-16-3-2-14(22)5-15(16)23)27-18(26)19-6-12-4-13(7-19)9-20(21,8-12)10-19/h2-3,5,11-13H,4,6-10H2,1H3,(H,24,25)/t11-,12+,13+,19?,20?/m0/s1. The van der Waals surface area contributed by atoms with Gasteiger partial charge in [0.05, 0.1) is 16.1 Å². The van der Waals surface area contributed by atoms with Crippen LogP contribution in [0.4, 0.5) is 5.69 Å². The fourth-order valence-electron chi connectivity index (χ4n) is 5.55. The summed E-state index contributed by atoms with van der Waals surface area (Å²) in [6, 6.07) is 4.83. The van der Waals surface area contributed by atoms with Gasteiger partial charge in [0.2, 0.25) is 0 Å². The number of anilines is 1. The van der Waals surface area contributed by atoms with Crippen molar-refractivity contribution in [2.45, 2.75) is 55.9 Å². The molecule has 0 aliphatic heterocycles. The molecule has 1 N–H and O–H groups in total. The van der Waals surface area contributed by atoms with Crippen molar-refractivity contribution in [3.63, 3.8) is 0 Å². The first-order valence-corrected chi connectivity index (χ1v) is 10.9. The predicted molar refractivity (Wildman–Crippen MR) is 109 cm³/mol. The maximum Gasteiger partial charge on any atom is 0.312 e. The van der Waals surface area contributed by atoms with E-state index in [0.29, 0.717) is 27.6 Å². The van der Waals surface area contributed by atoms with Crippen molar-refractivity contribution >= 4 is 56.7 Å². The lowest BCUT2D eigenvalue weighted by atomic mass is 9.49. The second-order valence-corrected chi connectivity index (χ2v) is 11.1. The van der Waals surface area contributed by atoms with Crippen molar-refractivity contribution in [1.29, 1.82) is 0 Å². The highest BCUT2D eigenvalue weighted by Crippen LogP contribution is 2.64. The molecule has 0 aromatic heterocycles. The third kappa shape index (κ3) is 3.75. The largest absolute Gasteiger partial charge is 0.452 e. The van der Waals surface area contributed by atoms with Gasteiger partial charge in [-0.3, -0.25) is 9.59 Å². The first-order chi connectivity index (χ1) is 12.7. The third-order valence-corrected chi connectivity index (χ3v) is 7.74. The van der Waals surface area contributed by atoms with Gasteiger partial charge in [0.15, 0.2) is 6.10 Å². The van der Waals surface area contributed by atoms with Crippen molar-refractivity contribution in [1.82, 2.24) is 0 Å². The monoisotopic (exact) mass is 473 g/mol. The van der Waals surface area contributed by atoms with Crippen LogP contribution in [0.15, 0.2) is 18.2 Å². The first-order valence-electron chi connectivity index (χ1n) is 9.34. The summed E-state index contributed by atoms with van der Waals surface area (Å²) in [5.41, 5.74) is 0.00299. The van der Waals surface area contributed by atoms with E-state index in [9.17, 15) is 9.59 Å². The Morgan fingerprint density at radius 1 is 1.22 bits per heavy atom. The van der Waals surface area contributed by atoms with E-state index in [4.69, 9.17) is 27.9 Å². The number of halogens is 3. The van der Waals surface area contributed by atoms with Gasteiger partial charge in [-0.25, -0.2) is 0 Å². The summed E-state index contributed by atoms with van der Waals surface area (Å²) in [6.07, 6.45) is 5.19. The fraction of sp³-hybridized carbons (Fsp3) is 0.600. The van der Waals surface area contributed by atoms with Gasteiger partial charge in [0.25, 0.3) is 5.91 Å². The lowest BCUT2D eigenvalue weighted by Gasteiger charge is -2.58. The van der Waals surface area contributed by atoms with E-state index in [1.807, 2.05) is 0 Å². The number of hydrogen-bond acceptors (Lipinski definition) is 3. The summed E-state index contributed by atoms with van der Waals surface area (Å²) >= 11 is 15.9. The van der Waals surface area contributed by atoms with Gasteiger partial charge >= 0.3 is 5.97 Å². The van der Waals surface area contributed by atoms with E-state index < -0.39 is 17.4 Å². The number of ether oxygens (including phenoxy) is 1. The van der Waals surface area contributed by atoms with Crippen molar-refractivity contribution < 1.29 is 14.3 Å². The van der Waals surface area contributed by atoms with E-state index in [0.717, 1.165) is 32.1 Å².